The molecule has 0 unspecified atom stereocenters. The number of hydrogen-bond acceptors (Lipinski definition) is 2. The zero-order chi connectivity index (χ0) is 12.8. The molecular weight excluding hydrogens is 229 g/mol. The topological polar surface area (TPSA) is 22.1 Å². The Morgan fingerprint density at radius 2 is 1.89 bits per heavy atom. The number of ether oxygens (including phenoxy) is 1. The van der Waals surface area contributed by atoms with Crippen LogP contribution in [-0.4, -0.2) is 4.98 Å². The molecule has 1 heterocycles. The molecule has 18 heavy (non-hydrogen) atoms. The zero-order valence-corrected chi connectivity index (χ0v) is 10.4. The van der Waals surface area contributed by atoms with Gasteiger partial charge in [0.15, 0.2) is 0 Å². The summed E-state index contributed by atoms with van der Waals surface area (Å²) >= 11 is 0. The van der Waals surface area contributed by atoms with E-state index in [0.717, 1.165) is 6.42 Å². The van der Waals surface area contributed by atoms with Crippen molar-refractivity contribution in [2.45, 2.75) is 26.2 Å². The molecule has 2 aromatic rings. The molecule has 94 valence electrons. The molecular formula is C15H16FNO. The molecule has 0 saturated heterocycles. The minimum absolute atomic E-state index is 0.274. The van der Waals surface area contributed by atoms with Crippen molar-refractivity contribution in [1.29, 1.82) is 0 Å². The Morgan fingerprint density at radius 3 is 2.56 bits per heavy atom. The van der Waals surface area contributed by atoms with Gasteiger partial charge in [-0.15, -0.1) is 0 Å². The lowest BCUT2D eigenvalue weighted by Gasteiger charge is -2.05. The van der Waals surface area contributed by atoms with Gasteiger partial charge in [-0.05, 0) is 36.6 Å². The van der Waals surface area contributed by atoms with Crippen LogP contribution in [0.5, 0.6) is 11.6 Å². The summed E-state index contributed by atoms with van der Waals surface area (Å²) in [5.41, 5.74) is 1.29. The van der Waals surface area contributed by atoms with E-state index in [1.807, 2.05) is 24.3 Å². The van der Waals surface area contributed by atoms with Crippen LogP contribution in [0.2, 0.25) is 0 Å². The molecule has 0 fully saturated rings. The zero-order valence-electron chi connectivity index (χ0n) is 10.4. The van der Waals surface area contributed by atoms with Gasteiger partial charge >= 0.3 is 0 Å². The fourth-order valence-electron chi connectivity index (χ4n) is 1.67. The molecule has 0 bridgehead atoms. The van der Waals surface area contributed by atoms with Crippen LogP contribution in [-0.2, 0) is 6.42 Å². The van der Waals surface area contributed by atoms with Gasteiger partial charge in [-0.3, -0.25) is 0 Å². The van der Waals surface area contributed by atoms with E-state index >= 15 is 0 Å². The second-order valence-corrected chi connectivity index (χ2v) is 4.15. The van der Waals surface area contributed by atoms with Crippen molar-refractivity contribution in [2.75, 3.05) is 0 Å². The predicted octanol–water partition coefficient (Wildman–Crippen LogP) is 4.36. The fraction of sp³-hybridized carbons (Fsp3) is 0.267. The number of hydrogen-bond donors (Lipinski definition) is 0. The van der Waals surface area contributed by atoms with Crippen LogP contribution in [0.4, 0.5) is 4.39 Å². The third-order valence-corrected chi connectivity index (χ3v) is 2.65. The van der Waals surface area contributed by atoms with Crippen LogP contribution in [0.1, 0.15) is 25.3 Å². The Labute approximate surface area is 106 Å². The number of nitrogens with zero attached hydrogens (tertiary/aromatic N) is 1. The SMILES string of the molecule is CCCCc1ccc(Oc2cccc(F)n2)cc1. The van der Waals surface area contributed by atoms with Gasteiger partial charge in [-0.1, -0.05) is 31.5 Å². The lowest BCUT2D eigenvalue weighted by molar-refractivity contribution is 0.445. The lowest BCUT2D eigenvalue weighted by atomic mass is 10.1. The number of aromatic nitrogens is 1. The van der Waals surface area contributed by atoms with E-state index in [2.05, 4.69) is 11.9 Å². The number of benzene rings is 1. The fourth-order valence-corrected chi connectivity index (χ4v) is 1.67. The molecule has 0 radical (unpaired) electrons. The van der Waals surface area contributed by atoms with Crippen molar-refractivity contribution in [3.63, 3.8) is 0 Å². The highest BCUT2D eigenvalue weighted by atomic mass is 19.1. The van der Waals surface area contributed by atoms with Gasteiger partial charge in [0.2, 0.25) is 11.8 Å². The van der Waals surface area contributed by atoms with E-state index in [1.165, 1.54) is 24.5 Å². The number of unbranched alkanes of at least 4 members (excludes halogenated alkanes) is 1. The van der Waals surface area contributed by atoms with Gasteiger partial charge in [0.05, 0.1) is 0 Å². The molecule has 0 atom stereocenters. The molecule has 2 nitrogen and oxygen atoms in total. The minimum atomic E-state index is -0.535. The summed E-state index contributed by atoms with van der Waals surface area (Å²) in [7, 11) is 0. The molecule has 0 N–H and O–H groups in total. The van der Waals surface area contributed by atoms with E-state index in [9.17, 15) is 4.39 Å². The molecule has 1 aromatic heterocycles. The highest BCUT2D eigenvalue weighted by molar-refractivity contribution is 5.30. The van der Waals surface area contributed by atoms with Crippen molar-refractivity contribution >= 4 is 0 Å². The van der Waals surface area contributed by atoms with E-state index in [-0.39, 0.29) is 5.88 Å². The van der Waals surface area contributed by atoms with Crippen molar-refractivity contribution in [3.8, 4) is 11.6 Å². The van der Waals surface area contributed by atoms with Crippen LogP contribution >= 0.6 is 0 Å². The monoisotopic (exact) mass is 245 g/mol. The van der Waals surface area contributed by atoms with Gasteiger partial charge in [0.25, 0.3) is 0 Å². The van der Waals surface area contributed by atoms with Crippen molar-refractivity contribution < 1.29 is 9.13 Å². The Morgan fingerprint density at radius 1 is 1.11 bits per heavy atom. The number of aryl methyl sites for hydroxylation is 1. The summed E-state index contributed by atoms with van der Waals surface area (Å²) in [5.74, 6) is 0.414. The van der Waals surface area contributed by atoms with Crippen LogP contribution in [0, 0.1) is 5.95 Å². The summed E-state index contributed by atoms with van der Waals surface area (Å²) in [4.78, 5) is 3.65. The Balaban J connectivity index is 2.02. The summed E-state index contributed by atoms with van der Waals surface area (Å²) in [6, 6.07) is 12.3. The van der Waals surface area contributed by atoms with Crippen LogP contribution in [0.3, 0.4) is 0 Å². The standard InChI is InChI=1S/C15H16FNO/c1-2-3-5-12-8-10-13(11-9-12)18-15-7-4-6-14(16)17-15/h4,6-11H,2-3,5H2,1H3. The maximum atomic E-state index is 12.9. The highest BCUT2D eigenvalue weighted by Gasteiger charge is 2.00. The minimum Gasteiger partial charge on any atom is -0.439 e. The molecule has 0 amide bonds. The van der Waals surface area contributed by atoms with Crippen molar-refractivity contribution in [2.24, 2.45) is 0 Å². The smallest absolute Gasteiger partial charge is 0.221 e. The van der Waals surface area contributed by atoms with E-state index in [0.29, 0.717) is 5.75 Å². The van der Waals surface area contributed by atoms with Gasteiger partial charge < -0.3 is 4.74 Å². The molecule has 0 saturated carbocycles. The average Bonchev–Trinajstić information content (AvgIpc) is 2.38. The largest absolute Gasteiger partial charge is 0.439 e. The third kappa shape index (κ3) is 3.55. The Kier molecular flexibility index (Phi) is 4.29. The number of pyridine rings is 1. The maximum absolute atomic E-state index is 12.9. The molecule has 0 aliphatic heterocycles. The van der Waals surface area contributed by atoms with Crippen LogP contribution < -0.4 is 4.74 Å². The molecule has 2 rings (SSSR count). The first-order valence-corrected chi connectivity index (χ1v) is 6.17. The molecule has 0 aliphatic carbocycles. The second-order valence-electron chi connectivity index (χ2n) is 4.15. The van der Waals surface area contributed by atoms with Gasteiger partial charge in [-0.25, -0.2) is 0 Å². The Hall–Kier alpha value is -1.90. The molecule has 0 aliphatic rings. The summed E-state index contributed by atoms with van der Waals surface area (Å²) in [5, 5.41) is 0. The first-order valence-electron chi connectivity index (χ1n) is 6.17. The number of halogens is 1. The van der Waals surface area contributed by atoms with Crippen LogP contribution in [0.15, 0.2) is 42.5 Å². The molecule has 3 heteroatoms. The third-order valence-electron chi connectivity index (χ3n) is 2.65. The quantitative estimate of drug-likeness (QED) is 0.730. The van der Waals surface area contributed by atoms with Crippen LogP contribution in [0.25, 0.3) is 0 Å². The molecule has 0 spiro atoms. The van der Waals surface area contributed by atoms with Crippen molar-refractivity contribution in [3.05, 3.63) is 54.0 Å². The second kappa shape index (κ2) is 6.15. The van der Waals surface area contributed by atoms with Gasteiger partial charge in [0.1, 0.15) is 5.75 Å². The predicted molar refractivity (Wildman–Crippen MR) is 69.3 cm³/mol. The lowest BCUT2D eigenvalue weighted by Crippen LogP contribution is -1.90. The average molecular weight is 245 g/mol. The first-order chi connectivity index (χ1) is 8.78. The number of rotatable bonds is 5. The van der Waals surface area contributed by atoms with E-state index < -0.39 is 5.95 Å². The van der Waals surface area contributed by atoms with Crippen molar-refractivity contribution in [1.82, 2.24) is 4.98 Å². The summed E-state index contributed by atoms with van der Waals surface area (Å²) < 4.78 is 18.3. The summed E-state index contributed by atoms with van der Waals surface area (Å²) in [6.07, 6.45) is 3.45. The van der Waals surface area contributed by atoms with E-state index in [4.69, 9.17) is 4.74 Å². The van der Waals surface area contributed by atoms with E-state index in [1.54, 1.807) is 12.1 Å². The highest BCUT2D eigenvalue weighted by Crippen LogP contribution is 2.20. The normalized spacial score (nSPS) is 10.3. The first kappa shape index (κ1) is 12.6. The van der Waals surface area contributed by atoms with Gasteiger partial charge in [0, 0.05) is 6.07 Å². The summed E-state index contributed by atoms with van der Waals surface area (Å²) in [6.45, 7) is 2.17. The molecule has 1 aromatic carbocycles. The van der Waals surface area contributed by atoms with Gasteiger partial charge in [-0.2, -0.15) is 9.37 Å². The Bertz CT molecular complexity index is 496. The maximum Gasteiger partial charge on any atom is 0.221 e.